The Morgan fingerprint density at radius 2 is 2.31 bits per heavy atom. The molecule has 2 aromatic rings. The zero-order chi connectivity index (χ0) is 11.5. The summed E-state index contributed by atoms with van der Waals surface area (Å²) in [7, 11) is 1.91. The average molecular weight is 318 g/mol. The van der Waals surface area contributed by atoms with E-state index in [4.69, 9.17) is 11.6 Å². The van der Waals surface area contributed by atoms with Crippen molar-refractivity contribution in [2.24, 2.45) is 0 Å². The van der Waals surface area contributed by atoms with Gasteiger partial charge in [-0.1, -0.05) is 27.5 Å². The van der Waals surface area contributed by atoms with Crippen molar-refractivity contribution in [1.82, 2.24) is 10.3 Å². The first-order chi connectivity index (χ1) is 7.70. The second-order valence-corrected chi connectivity index (χ2v) is 5.45. The Hall–Kier alpha value is -0.420. The summed E-state index contributed by atoms with van der Waals surface area (Å²) in [6.45, 7) is 0.793. The Balaban J connectivity index is 2.35. The number of halogens is 2. The molecule has 0 saturated carbocycles. The van der Waals surface area contributed by atoms with E-state index in [0.29, 0.717) is 0 Å². The third-order valence-corrected chi connectivity index (χ3v) is 3.89. The van der Waals surface area contributed by atoms with E-state index in [1.54, 1.807) is 11.3 Å². The molecule has 0 aliphatic carbocycles. The Morgan fingerprint density at radius 3 is 3.00 bits per heavy atom. The summed E-state index contributed by atoms with van der Waals surface area (Å²) in [6, 6.07) is 5.74. The zero-order valence-corrected chi connectivity index (χ0v) is 11.8. The van der Waals surface area contributed by atoms with E-state index >= 15 is 0 Å². The lowest BCUT2D eigenvalue weighted by molar-refractivity contribution is 0.798. The molecule has 0 spiro atoms. The van der Waals surface area contributed by atoms with Gasteiger partial charge in [-0.25, -0.2) is 4.98 Å². The van der Waals surface area contributed by atoms with Crippen LogP contribution in [-0.4, -0.2) is 12.0 Å². The first-order valence-corrected chi connectivity index (χ1v) is 6.80. The normalized spacial score (nSPS) is 10.7. The highest BCUT2D eigenvalue weighted by molar-refractivity contribution is 9.10. The lowest BCUT2D eigenvalue weighted by atomic mass is 10.2. The molecule has 0 radical (unpaired) electrons. The van der Waals surface area contributed by atoms with Crippen molar-refractivity contribution >= 4 is 38.9 Å². The van der Waals surface area contributed by atoms with E-state index in [2.05, 4.69) is 31.6 Å². The van der Waals surface area contributed by atoms with Gasteiger partial charge in [-0.2, -0.15) is 0 Å². The average Bonchev–Trinajstić information content (AvgIpc) is 2.67. The summed E-state index contributed by atoms with van der Waals surface area (Å²) >= 11 is 11.0. The maximum absolute atomic E-state index is 5.90. The number of nitrogens with one attached hydrogen (secondary N) is 1. The molecule has 2 rings (SSSR count). The predicted molar refractivity (Wildman–Crippen MR) is 73.0 cm³/mol. The molecule has 0 saturated heterocycles. The summed E-state index contributed by atoms with van der Waals surface area (Å²) in [6.07, 6.45) is 0. The van der Waals surface area contributed by atoms with Crippen molar-refractivity contribution < 1.29 is 0 Å². The number of nitrogens with zero attached hydrogens (tertiary/aromatic N) is 1. The van der Waals surface area contributed by atoms with Gasteiger partial charge in [0.1, 0.15) is 5.01 Å². The molecule has 0 atom stereocenters. The lowest BCUT2D eigenvalue weighted by Crippen LogP contribution is -2.04. The number of hydrogen-bond donors (Lipinski definition) is 1. The fraction of sp³-hybridized carbons (Fsp3) is 0.182. The molecule has 1 heterocycles. The van der Waals surface area contributed by atoms with Crippen LogP contribution in [-0.2, 0) is 6.54 Å². The predicted octanol–water partition coefficient (Wildman–Crippen LogP) is 3.95. The van der Waals surface area contributed by atoms with Crippen molar-refractivity contribution in [3.8, 4) is 10.6 Å². The Labute approximate surface area is 112 Å². The third-order valence-electron chi connectivity index (χ3n) is 2.07. The first kappa shape index (κ1) is 12.0. The van der Waals surface area contributed by atoms with Gasteiger partial charge in [-0.05, 0) is 25.2 Å². The van der Waals surface area contributed by atoms with Crippen molar-refractivity contribution in [2.45, 2.75) is 6.54 Å². The molecule has 0 unspecified atom stereocenters. The van der Waals surface area contributed by atoms with Crippen LogP contribution in [0, 0.1) is 0 Å². The van der Waals surface area contributed by atoms with Crippen LogP contribution in [0.3, 0.4) is 0 Å². The quantitative estimate of drug-likeness (QED) is 0.927. The smallest absolute Gasteiger partial charge is 0.124 e. The second kappa shape index (κ2) is 5.27. The van der Waals surface area contributed by atoms with Gasteiger partial charge in [-0.3, -0.25) is 0 Å². The van der Waals surface area contributed by atoms with Crippen molar-refractivity contribution in [1.29, 1.82) is 0 Å². The molecule has 1 aromatic heterocycles. The molecule has 0 aliphatic heterocycles. The van der Waals surface area contributed by atoms with Crippen LogP contribution in [0.4, 0.5) is 0 Å². The Bertz CT molecular complexity index is 498. The standard InChI is InChI=1S/C11H10BrClN2S/c1-14-5-8-6-16-11(15-8)9-3-2-7(13)4-10(9)12/h2-4,6,14H,5H2,1H3. The van der Waals surface area contributed by atoms with E-state index < -0.39 is 0 Å². The maximum atomic E-state index is 5.90. The summed E-state index contributed by atoms with van der Waals surface area (Å²) in [5, 5.41) is 6.88. The lowest BCUT2D eigenvalue weighted by Gasteiger charge is -2.00. The molecule has 1 aromatic carbocycles. The molecule has 16 heavy (non-hydrogen) atoms. The Morgan fingerprint density at radius 1 is 1.50 bits per heavy atom. The van der Waals surface area contributed by atoms with Crippen molar-refractivity contribution in [2.75, 3.05) is 7.05 Å². The Kier molecular flexibility index (Phi) is 3.97. The molecule has 5 heteroatoms. The van der Waals surface area contributed by atoms with E-state index in [1.807, 2.05) is 25.2 Å². The van der Waals surface area contributed by atoms with Gasteiger partial charge in [-0.15, -0.1) is 11.3 Å². The van der Waals surface area contributed by atoms with Crippen LogP contribution in [0.5, 0.6) is 0 Å². The van der Waals surface area contributed by atoms with Gasteiger partial charge in [0, 0.05) is 27.0 Å². The number of hydrogen-bond acceptors (Lipinski definition) is 3. The molecule has 0 amide bonds. The minimum absolute atomic E-state index is 0.725. The number of benzene rings is 1. The highest BCUT2D eigenvalue weighted by atomic mass is 79.9. The number of aromatic nitrogens is 1. The van der Waals surface area contributed by atoms with Crippen LogP contribution < -0.4 is 5.32 Å². The van der Waals surface area contributed by atoms with Crippen LogP contribution in [0.25, 0.3) is 10.6 Å². The molecule has 1 N–H and O–H groups in total. The van der Waals surface area contributed by atoms with Gasteiger partial charge < -0.3 is 5.32 Å². The third kappa shape index (κ3) is 2.63. The second-order valence-electron chi connectivity index (χ2n) is 3.30. The molecular formula is C11H10BrClN2S. The van der Waals surface area contributed by atoms with Crippen LogP contribution >= 0.6 is 38.9 Å². The minimum Gasteiger partial charge on any atom is -0.314 e. The molecule has 2 nitrogen and oxygen atoms in total. The van der Waals surface area contributed by atoms with E-state index in [0.717, 1.165) is 32.3 Å². The maximum Gasteiger partial charge on any atom is 0.124 e. The van der Waals surface area contributed by atoms with Crippen LogP contribution in [0.1, 0.15) is 5.69 Å². The topological polar surface area (TPSA) is 24.9 Å². The van der Waals surface area contributed by atoms with E-state index in [9.17, 15) is 0 Å². The summed E-state index contributed by atoms with van der Waals surface area (Å²) in [4.78, 5) is 4.54. The first-order valence-electron chi connectivity index (χ1n) is 4.75. The zero-order valence-electron chi connectivity index (χ0n) is 8.63. The molecule has 0 fully saturated rings. The fourth-order valence-corrected chi connectivity index (χ4v) is 3.22. The van der Waals surface area contributed by atoms with Crippen LogP contribution in [0.15, 0.2) is 28.1 Å². The summed E-state index contributed by atoms with van der Waals surface area (Å²) in [5.41, 5.74) is 2.14. The number of rotatable bonds is 3. The van der Waals surface area contributed by atoms with E-state index in [1.165, 1.54) is 0 Å². The van der Waals surface area contributed by atoms with Gasteiger partial charge in [0.05, 0.1) is 5.69 Å². The largest absolute Gasteiger partial charge is 0.314 e. The van der Waals surface area contributed by atoms with Gasteiger partial charge in [0.25, 0.3) is 0 Å². The molecule has 0 bridgehead atoms. The van der Waals surface area contributed by atoms with E-state index in [-0.39, 0.29) is 0 Å². The highest BCUT2D eigenvalue weighted by Crippen LogP contribution is 2.32. The molecular weight excluding hydrogens is 308 g/mol. The molecule has 0 aliphatic rings. The summed E-state index contributed by atoms with van der Waals surface area (Å²) in [5.74, 6) is 0. The number of thiazole rings is 1. The fourth-order valence-electron chi connectivity index (χ4n) is 1.36. The highest BCUT2D eigenvalue weighted by Gasteiger charge is 2.08. The van der Waals surface area contributed by atoms with Gasteiger partial charge in [0.2, 0.25) is 0 Å². The summed E-state index contributed by atoms with van der Waals surface area (Å²) < 4.78 is 0.977. The van der Waals surface area contributed by atoms with Crippen molar-refractivity contribution in [3.63, 3.8) is 0 Å². The monoisotopic (exact) mass is 316 g/mol. The SMILES string of the molecule is CNCc1csc(-c2ccc(Cl)cc2Br)n1. The molecule has 84 valence electrons. The minimum atomic E-state index is 0.725. The van der Waals surface area contributed by atoms with Gasteiger partial charge >= 0.3 is 0 Å². The van der Waals surface area contributed by atoms with Crippen molar-refractivity contribution in [3.05, 3.63) is 38.8 Å². The van der Waals surface area contributed by atoms with Crippen LogP contribution in [0.2, 0.25) is 5.02 Å². The van der Waals surface area contributed by atoms with Gasteiger partial charge in [0.15, 0.2) is 0 Å².